The summed E-state index contributed by atoms with van der Waals surface area (Å²) in [6.45, 7) is 0. The zero-order valence-electron chi connectivity index (χ0n) is 3.08. The predicted molar refractivity (Wildman–Crippen MR) is 16.2 cm³/mol. The Hall–Kier alpha value is 2.06. The zero-order valence-corrected chi connectivity index (χ0v) is 9.98. The van der Waals surface area contributed by atoms with Gasteiger partial charge in [-0.3, -0.25) is 8.42 Å². The van der Waals surface area contributed by atoms with Crippen LogP contribution < -0.4 is 0 Å². The summed E-state index contributed by atoms with van der Waals surface area (Å²) in [6.07, 6.45) is 0. The molecule has 0 bridgehead atoms. The van der Waals surface area contributed by atoms with Gasteiger partial charge >= 0.3 is 48.9 Å². The first-order chi connectivity index (χ1) is 2.00. The molecule has 4 nitrogen and oxygen atoms in total. The van der Waals surface area contributed by atoms with Crippen molar-refractivity contribution in [1.82, 2.24) is 0 Å². The minimum absolute atomic E-state index is 0. The molecule has 0 unspecified atom stereocenters. The van der Waals surface area contributed by atoms with Gasteiger partial charge in [-0.2, -0.15) is 0 Å². The van der Waals surface area contributed by atoms with E-state index in [9.17, 15) is 0 Å². The van der Waals surface area contributed by atoms with Crippen molar-refractivity contribution in [3.8, 4) is 0 Å². The molecule has 0 spiro atoms. The molecule has 0 atom stereocenters. The Morgan fingerprint density at radius 3 is 1.14 bits per heavy atom. The second-order valence-corrected chi connectivity index (χ2v) is 1.22. The van der Waals surface area contributed by atoms with Crippen molar-refractivity contribution in [1.29, 1.82) is 0 Å². The molecule has 0 aromatic carbocycles. The summed E-state index contributed by atoms with van der Waals surface area (Å²) in [5, 5.41) is 0. The van der Waals surface area contributed by atoms with Crippen LogP contribution in [-0.4, -0.2) is 66.4 Å². The van der Waals surface area contributed by atoms with Crippen LogP contribution in [0.4, 0.5) is 0 Å². The van der Waals surface area contributed by atoms with Crippen molar-refractivity contribution in [3.05, 3.63) is 0 Å². The average molecular weight is 336 g/mol. The average Bonchev–Trinajstić information content (AvgIpc) is 0.722. The van der Waals surface area contributed by atoms with E-state index in [4.69, 9.17) is 17.5 Å². The van der Waals surface area contributed by atoms with Gasteiger partial charge in [0.2, 0.25) is 0 Å². The first-order valence-electron chi connectivity index (χ1n) is 0.667. The molecule has 0 fully saturated rings. The number of hydrogen-bond donors (Lipinski definition) is 0. The Morgan fingerprint density at radius 1 is 1.14 bits per heavy atom. The van der Waals surface area contributed by atoms with E-state index in [1.807, 2.05) is 0 Å². The van der Waals surface area contributed by atoms with Gasteiger partial charge in [-0.15, -0.1) is 0 Å². The van der Waals surface area contributed by atoms with Crippen LogP contribution in [0.15, 0.2) is 0 Å². The summed E-state index contributed by atoms with van der Waals surface area (Å²) in [5.74, 6) is 0. The van der Waals surface area contributed by atoms with Crippen molar-refractivity contribution in [2.45, 2.75) is 0 Å². The molecular weight excluding hydrogens is 336 g/mol. The fraction of sp³-hybridized carbons (Fsp3) is 0. The largest absolute Gasteiger partial charge is 2.00 e. The zero-order chi connectivity index (χ0) is 4.50. The van der Waals surface area contributed by atoms with E-state index in [0.29, 0.717) is 0 Å². The molecule has 1 radical (unpaired) electrons. The van der Waals surface area contributed by atoms with Gasteiger partial charge in [-0.1, -0.05) is 0 Å². The third-order valence-electron chi connectivity index (χ3n) is 0. The molecule has 0 saturated carbocycles. The minimum Gasteiger partial charge on any atom is -0.759 e. The molecule has 0 aliphatic carbocycles. The number of rotatable bonds is 0. The molecular formula is BaO4RhS. The van der Waals surface area contributed by atoms with Gasteiger partial charge in [0.15, 0.2) is 0 Å². The topological polar surface area (TPSA) is 80.3 Å². The Bertz CT molecular complexity index is 94.9. The van der Waals surface area contributed by atoms with Gasteiger partial charge in [0.1, 0.15) is 0 Å². The van der Waals surface area contributed by atoms with E-state index < -0.39 is 10.4 Å². The van der Waals surface area contributed by atoms with Crippen LogP contribution in [0.3, 0.4) is 0 Å². The van der Waals surface area contributed by atoms with Crippen LogP contribution in [0.25, 0.3) is 0 Å². The smallest absolute Gasteiger partial charge is 0.759 e. The second kappa shape index (κ2) is 6.19. The van der Waals surface area contributed by atoms with Crippen molar-refractivity contribution in [2.75, 3.05) is 0 Å². The maximum Gasteiger partial charge on any atom is 2.00 e. The van der Waals surface area contributed by atoms with Crippen LogP contribution in [0.1, 0.15) is 0 Å². The fourth-order valence-corrected chi connectivity index (χ4v) is 0. The quantitative estimate of drug-likeness (QED) is 0.299. The van der Waals surface area contributed by atoms with Crippen LogP contribution in [0.2, 0.25) is 0 Å². The van der Waals surface area contributed by atoms with Crippen molar-refractivity contribution < 1.29 is 37.0 Å². The van der Waals surface area contributed by atoms with E-state index in [1.54, 1.807) is 0 Å². The Kier molecular flexibility index (Phi) is 14.2. The van der Waals surface area contributed by atoms with Gasteiger partial charge in [-0.25, -0.2) is 0 Å². The third-order valence-corrected chi connectivity index (χ3v) is 0. The van der Waals surface area contributed by atoms with Gasteiger partial charge in [0, 0.05) is 29.9 Å². The molecule has 0 aromatic heterocycles. The summed E-state index contributed by atoms with van der Waals surface area (Å²) in [4.78, 5) is 0. The Morgan fingerprint density at radius 2 is 1.14 bits per heavy atom. The molecule has 0 rings (SSSR count). The van der Waals surface area contributed by atoms with Crippen molar-refractivity contribution in [3.63, 3.8) is 0 Å². The van der Waals surface area contributed by atoms with E-state index in [0.717, 1.165) is 0 Å². The standard InChI is InChI=1S/Ba.H2O4S.Rh/c;1-5(2,3)4;/h;(H2,1,2,3,4);/q+2;;/p-2. The van der Waals surface area contributed by atoms with Crippen molar-refractivity contribution >= 4 is 59.3 Å². The van der Waals surface area contributed by atoms with Crippen LogP contribution in [0, 0.1) is 0 Å². The summed E-state index contributed by atoms with van der Waals surface area (Å²) >= 11 is 0. The van der Waals surface area contributed by atoms with Crippen LogP contribution >= 0.6 is 0 Å². The van der Waals surface area contributed by atoms with Crippen LogP contribution in [0.5, 0.6) is 0 Å². The molecule has 7 heavy (non-hydrogen) atoms. The van der Waals surface area contributed by atoms with Gasteiger partial charge in [0.25, 0.3) is 0 Å². The summed E-state index contributed by atoms with van der Waals surface area (Å²) < 4.78 is 34.1. The van der Waals surface area contributed by atoms with Gasteiger partial charge in [-0.05, 0) is 0 Å². The molecule has 0 saturated heterocycles. The maximum atomic E-state index is 8.52. The molecule has 41 valence electrons. The molecule has 7 heteroatoms. The maximum absolute atomic E-state index is 8.52. The van der Waals surface area contributed by atoms with Crippen LogP contribution in [-0.2, 0) is 29.9 Å². The fourth-order valence-electron chi connectivity index (χ4n) is 0. The minimum atomic E-state index is -5.17. The molecule has 0 aromatic rings. The molecule has 0 aliphatic heterocycles. The normalized spacial score (nSPS) is 8.29. The van der Waals surface area contributed by atoms with E-state index in [2.05, 4.69) is 0 Å². The Balaban J connectivity index is -0.0000000800. The second-order valence-electron chi connectivity index (χ2n) is 0.408. The first kappa shape index (κ1) is 16.0. The van der Waals surface area contributed by atoms with E-state index >= 15 is 0 Å². The Labute approximate surface area is 94.5 Å². The molecule has 0 amide bonds. The summed E-state index contributed by atoms with van der Waals surface area (Å²) in [5.41, 5.74) is 0. The van der Waals surface area contributed by atoms with E-state index in [1.165, 1.54) is 0 Å². The molecule has 0 aliphatic rings. The first-order valence-corrected chi connectivity index (χ1v) is 2.00. The molecule has 0 N–H and O–H groups in total. The third kappa shape index (κ3) is 69.6. The van der Waals surface area contributed by atoms with Gasteiger partial charge < -0.3 is 9.11 Å². The predicted octanol–water partition coefficient (Wildman–Crippen LogP) is -1.72. The number of hydrogen-bond acceptors (Lipinski definition) is 4. The van der Waals surface area contributed by atoms with Crippen molar-refractivity contribution in [2.24, 2.45) is 0 Å². The van der Waals surface area contributed by atoms with Gasteiger partial charge in [0.05, 0.1) is 0 Å². The monoisotopic (exact) mass is 337 g/mol. The summed E-state index contributed by atoms with van der Waals surface area (Å²) in [7, 11) is -5.17. The molecule has 0 heterocycles. The summed E-state index contributed by atoms with van der Waals surface area (Å²) in [6, 6.07) is 0. The van der Waals surface area contributed by atoms with E-state index in [-0.39, 0.29) is 68.4 Å². The SMILES string of the molecule is O=S(=O)([O-])[O-].[Ba+2].[Rh].